The van der Waals surface area contributed by atoms with Crippen LogP contribution in [0.1, 0.15) is 0 Å². The zero-order chi connectivity index (χ0) is 20.6. The zero-order valence-corrected chi connectivity index (χ0v) is 15.9. The van der Waals surface area contributed by atoms with Crippen molar-refractivity contribution < 1.29 is 30.3 Å². The van der Waals surface area contributed by atoms with Crippen LogP contribution >= 0.6 is 0 Å². The topological polar surface area (TPSA) is 66.4 Å². The molecule has 0 heterocycles. The molecule has 0 saturated carbocycles. The van der Waals surface area contributed by atoms with Crippen molar-refractivity contribution in [2.24, 2.45) is 0 Å². The van der Waals surface area contributed by atoms with Crippen LogP contribution in [0.25, 0.3) is 0 Å². The van der Waals surface area contributed by atoms with Crippen LogP contribution < -0.4 is 0 Å². The quantitative estimate of drug-likeness (QED) is 0.341. The minimum absolute atomic E-state index is 0.0146. The zero-order valence-electron chi connectivity index (χ0n) is 14.2. The maximum Gasteiger partial charge on any atom is 0.536 e. The summed E-state index contributed by atoms with van der Waals surface area (Å²) in [7, 11) is -5.67. The van der Waals surface area contributed by atoms with E-state index in [0.717, 1.165) is 0 Å². The number of hydrogen-bond donors (Lipinski definition) is 0. The molecule has 4 nitrogen and oxygen atoms in total. The van der Waals surface area contributed by atoms with Gasteiger partial charge in [-0.1, -0.05) is 54.6 Å². The van der Waals surface area contributed by atoms with Gasteiger partial charge in [-0.05, 0) is 36.4 Å². The molecule has 9 heteroatoms. The molecule has 148 valence electrons. The number of hydrogen-bond acceptors (Lipinski definition) is 4. The Balaban J connectivity index is 0.000000266. The summed E-state index contributed by atoms with van der Waals surface area (Å²) >= 11 is 0. The molecule has 0 fully saturated rings. The monoisotopic (exact) mass is 428 g/mol. The Morgan fingerprint density at radius 3 is 1.14 bits per heavy atom. The van der Waals surface area contributed by atoms with Crippen LogP contribution in [0.4, 0.5) is 13.2 Å². The number of rotatable bonds is 4. The molecule has 3 rings (SSSR count). The third kappa shape index (κ3) is 7.73. The van der Waals surface area contributed by atoms with Gasteiger partial charge in [0.1, 0.15) is 0 Å². The van der Waals surface area contributed by atoms with Crippen molar-refractivity contribution in [1.29, 1.82) is 0 Å². The van der Waals surface area contributed by atoms with E-state index in [0.29, 0.717) is 0 Å². The third-order valence-corrected chi connectivity index (χ3v) is 5.76. The molecule has 0 spiro atoms. The summed E-state index contributed by atoms with van der Waals surface area (Å²) in [5.41, 5.74) is 0. The molecular weight excluding hydrogens is 413 g/mol. The van der Waals surface area contributed by atoms with E-state index in [1.54, 1.807) is 0 Å². The molecule has 0 bridgehead atoms. The van der Waals surface area contributed by atoms with Crippen molar-refractivity contribution in [2.45, 2.75) is 21.0 Å². The lowest BCUT2D eigenvalue weighted by molar-refractivity contribution is -0.275. The Bertz CT molecular complexity index is 855. The van der Waals surface area contributed by atoms with E-state index in [4.69, 9.17) is 13.0 Å². The SMILES string of the molecule is O=S(=O)([O-])OC(F)(F)F.c1ccc([S+](c2ccccc2)c2ccccc2)cc1. The maximum atomic E-state index is 10.8. The first-order valence-electron chi connectivity index (χ1n) is 7.78. The Morgan fingerprint density at radius 1 is 0.679 bits per heavy atom. The predicted octanol–water partition coefficient (Wildman–Crippen LogP) is 4.77. The van der Waals surface area contributed by atoms with E-state index in [1.165, 1.54) is 14.7 Å². The molecule has 0 aliphatic rings. The van der Waals surface area contributed by atoms with Gasteiger partial charge < -0.3 is 4.55 Å². The molecule has 0 radical (unpaired) electrons. The van der Waals surface area contributed by atoms with E-state index in [-0.39, 0.29) is 10.9 Å². The summed E-state index contributed by atoms with van der Waals surface area (Å²) in [5.74, 6) is 0. The molecule has 28 heavy (non-hydrogen) atoms. The van der Waals surface area contributed by atoms with Crippen LogP contribution in [0.5, 0.6) is 0 Å². The van der Waals surface area contributed by atoms with Crippen molar-refractivity contribution in [3.63, 3.8) is 0 Å². The molecule has 0 N–H and O–H groups in total. The standard InChI is InChI=1S/C18H15S.CHF3O4S/c1-4-10-16(11-5-1)19(17-12-6-2-7-13-17)18-14-8-3-9-15-18;2-1(3,4)8-9(5,6)7/h1-15H;(H,5,6,7)/q+1;/p-1. The van der Waals surface area contributed by atoms with Crippen LogP contribution in [0.2, 0.25) is 0 Å². The Morgan fingerprint density at radius 2 is 0.964 bits per heavy atom. The predicted molar refractivity (Wildman–Crippen MR) is 98.3 cm³/mol. The fraction of sp³-hybridized carbons (Fsp3) is 0.0526. The third-order valence-electron chi connectivity index (χ3n) is 3.13. The normalized spacial score (nSPS) is 11.6. The summed E-state index contributed by atoms with van der Waals surface area (Å²) in [6, 6.07) is 32.2. The molecule has 0 atom stereocenters. The number of benzene rings is 3. The number of alkyl halides is 3. The molecule has 0 unspecified atom stereocenters. The van der Waals surface area contributed by atoms with Crippen molar-refractivity contribution in [3.8, 4) is 0 Å². The minimum atomic E-state index is -5.66. The highest BCUT2D eigenvalue weighted by Crippen LogP contribution is 2.30. The second-order valence-corrected chi connectivity index (χ2v) is 8.19. The Labute approximate surface area is 163 Å². The van der Waals surface area contributed by atoms with E-state index in [1.807, 2.05) is 4.18 Å². The van der Waals surface area contributed by atoms with Gasteiger partial charge in [0, 0.05) is 0 Å². The lowest BCUT2D eigenvalue weighted by atomic mass is 10.4. The first-order valence-corrected chi connectivity index (χ1v) is 10.3. The molecule has 0 aromatic heterocycles. The van der Waals surface area contributed by atoms with Gasteiger partial charge >= 0.3 is 6.36 Å². The minimum Gasteiger partial charge on any atom is -0.725 e. The van der Waals surface area contributed by atoms with Gasteiger partial charge in [0.25, 0.3) is 0 Å². The van der Waals surface area contributed by atoms with E-state index in [2.05, 4.69) is 91.0 Å². The summed E-state index contributed by atoms with van der Waals surface area (Å²) in [6.07, 6.45) is -5.42. The molecule has 0 amide bonds. The second-order valence-electron chi connectivity index (χ2n) is 5.18. The molecule has 0 saturated heterocycles. The van der Waals surface area contributed by atoms with Crippen molar-refractivity contribution >= 4 is 21.3 Å². The van der Waals surface area contributed by atoms with Crippen LogP contribution in [0.3, 0.4) is 0 Å². The van der Waals surface area contributed by atoms with Crippen molar-refractivity contribution in [3.05, 3.63) is 91.0 Å². The van der Waals surface area contributed by atoms with Gasteiger partial charge in [-0.15, -0.1) is 13.2 Å². The van der Waals surface area contributed by atoms with E-state index < -0.39 is 16.8 Å². The van der Waals surface area contributed by atoms with Gasteiger partial charge in [-0.2, -0.15) is 4.18 Å². The van der Waals surface area contributed by atoms with Gasteiger partial charge in [-0.3, -0.25) is 0 Å². The van der Waals surface area contributed by atoms with Crippen molar-refractivity contribution in [1.82, 2.24) is 0 Å². The average Bonchev–Trinajstić information content (AvgIpc) is 2.62. The smallest absolute Gasteiger partial charge is 0.536 e. The largest absolute Gasteiger partial charge is 0.725 e. The second kappa shape index (κ2) is 9.74. The van der Waals surface area contributed by atoms with Gasteiger partial charge in [0.05, 0.1) is 10.9 Å². The highest BCUT2D eigenvalue weighted by Gasteiger charge is 2.32. The summed E-state index contributed by atoms with van der Waals surface area (Å²) in [5, 5.41) is 0. The molecular formula is C19H15F3O4S2. The summed E-state index contributed by atoms with van der Waals surface area (Å²) < 4.78 is 61.7. The molecule has 3 aromatic rings. The highest BCUT2D eigenvalue weighted by atomic mass is 32.3. The van der Waals surface area contributed by atoms with Gasteiger partial charge in [0.2, 0.25) is 10.4 Å². The van der Waals surface area contributed by atoms with Crippen LogP contribution in [-0.2, 0) is 25.5 Å². The van der Waals surface area contributed by atoms with Gasteiger partial charge in [0.15, 0.2) is 14.7 Å². The highest BCUT2D eigenvalue weighted by molar-refractivity contribution is 7.97. The van der Waals surface area contributed by atoms with E-state index >= 15 is 0 Å². The molecule has 3 aromatic carbocycles. The van der Waals surface area contributed by atoms with Crippen LogP contribution in [0.15, 0.2) is 106 Å². The lowest BCUT2D eigenvalue weighted by Crippen LogP contribution is -2.18. The average molecular weight is 428 g/mol. The summed E-state index contributed by atoms with van der Waals surface area (Å²) in [6.45, 7) is 0. The van der Waals surface area contributed by atoms with Crippen LogP contribution in [0, 0.1) is 0 Å². The molecule has 0 aliphatic heterocycles. The van der Waals surface area contributed by atoms with Gasteiger partial charge in [-0.25, -0.2) is 8.42 Å². The summed E-state index contributed by atoms with van der Waals surface area (Å²) in [4.78, 5) is 4.08. The maximum absolute atomic E-state index is 10.8. The lowest BCUT2D eigenvalue weighted by Gasteiger charge is -2.08. The first-order chi connectivity index (χ1) is 13.2. The van der Waals surface area contributed by atoms with E-state index in [9.17, 15) is 13.2 Å². The van der Waals surface area contributed by atoms with Crippen molar-refractivity contribution in [2.75, 3.05) is 0 Å². The fourth-order valence-corrected chi connectivity index (χ4v) is 4.53. The Hall–Kier alpha value is -2.33. The number of halogens is 3. The Kier molecular flexibility index (Phi) is 7.64. The molecule has 0 aliphatic carbocycles. The fourth-order valence-electron chi connectivity index (χ4n) is 2.19. The van der Waals surface area contributed by atoms with Crippen LogP contribution in [-0.4, -0.2) is 19.3 Å². The first kappa shape index (κ1) is 22.0.